The molecule has 1 aromatic carbocycles. The highest BCUT2D eigenvalue weighted by atomic mass is 16.6. The number of rotatable bonds is 8. The van der Waals surface area contributed by atoms with Crippen LogP contribution >= 0.6 is 0 Å². The highest BCUT2D eigenvalue weighted by molar-refractivity contribution is 5.67. The number of nitrogens with one attached hydrogen (secondary N) is 2. The van der Waals surface area contributed by atoms with E-state index in [4.69, 9.17) is 9.47 Å². The highest BCUT2D eigenvalue weighted by Crippen LogP contribution is 2.06. The molecule has 0 aliphatic rings. The monoisotopic (exact) mass is 320 g/mol. The third-order valence-electron chi connectivity index (χ3n) is 2.86. The van der Waals surface area contributed by atoms with Crippen molar-refractivity contribution in [3.05, 3.63) is 47.5 Å². The van der Waals surface area contributed by atoms with Crippen LogP contribution in [-0.4, -0.2) is 31.9 Å². The van der Waals surface area contributed by atoms with Gasteiger partial charge in [0.05, 0.1) is 6.61 Å². The summed E-state index contributed by atoms with van der Waals surface area (Å²) in [6.45, 7) is 8.17. The predicted molar refractivity (Wildman–Crippen MR) is 92.2 cm³/mol. The van der Waals surface area contributed by atoms with Crippen LogP contribution in [0.25, 0.3) is 0 Å². The predicted octanol–water partition coefficient (Wildman–Crippen LogP) is 3.00. The molecule has 23 heavy (non-hydrogen) atoms. The first-order chi connectivity index (χ1) is 10.9. The van der Waals surface area contributed by atoms with E-state index < -0.39 is 11.7 Å². The summed E-state index contributed by atoms with van der Waals surface area (Å²) in [5.74, 6) is 0. The first-order valence-corrected chi connectivity index (χ1v) is 7.80. The van der Waals surface area contributed by atoms with Gasteiger partial charge in [-0.3, -0.25) is 0 Å². The zero-order valence-electron chi connectivity index (χ0n) is 14.5. The van der Waals surface area contributed by atoms with Crippen molar-refractivity contribution in [1.29, 1.82) is 0 Å². The summed E-state index contributed by atoms with van der Waals surface area (Å²) in [7, 11) is 1.69. The number of methoxy groups -OCH3 is 1. The van der Waals surface area contributed by atoms with E-state index in [-0.39, 0.29) is 0 Å². The van der Waals surface area contributed by atoms with E-state index >= 15 is 0 Å². The lowest BCUT2D eigenvalue weighted by atomic mass is 10.1. The van der Waals surface area contributed by atoms with E-state index in [1.54, 1.807) is 7.11 Å². The van der Waals surface area contributed by atoms with Crippen LogP contribution in [0.4, 0.5) is 4.79 Å². The number of amides is 1. The first kappa shape index (κ1) is 19.2. The SMILES string of the molecule is COCc1ccc(CNC/C=C/CNC(=O)OC(C)(C)C)cc1. The summed E-state index contributed by atoms with van der Waals surface area (Å²) in [6, 6.07) is 8.33. The minimum Gasteiger partial charge on any atom is -0.444 e. The Hall–Kier alpha value is -1.85. The zero-order chi connectivity index (χ0) is 17.1. The summed E-state index contributed by atoms with van der Waals surface area (Å²) in [5.41, 5.74) is 1.93. The molecule has 1 amide bonds. The Balaban J connectivity index is 2.13. The molecule has 0 fully saturated rings. The summed E-state index contributed by atoms with van der Waals surface area (Å²) in [6.07, 6.45) is 3.49. The van der Waals surface area contributed by atoms with E-state index in [0.717, 1.165) is 13.1 Å². The van der Waals surface area contributed by atoms with Gasteiger partial charge in [-0.25, -0.2) is 4.79 Å². The maximum atomic E-state index is 11.4. The molecule has 0 unspecified atom stereocenters. The van der Waals surface area contributed by atoms with Crippen LogP contribution in [0.1, 0.15) is 31.9 Å². The van der Waals surface area contributed by atoms with E-state index in [1.165, 1.54) is 11.1 Å². The van der Waals surface area contributed by atoms with Crippen molar-refractivity contribution in [2.45, 2.75) is 39.5 Å². The Labute approximate surface area is 139 Å². The molecule has 5 nitrogen and oxygen atoms in total. The molecule has 0 saturated heterocycles. The average molecular weight is 320 g/mol. The lowest BCUT2D eigenvalue weighted by Gasteiger charge is -2.19. The van der Waals surface area contributed by atoms with Crippen molar-refractivity contribution < 1.29 is 14.3 Å². The Morgan fingerprint density at radius 2 is 1.70 bits per heavy atom. The van der Waals surface area contributed by atoms with Crippen molar-refractivity contribution in [1.82, 2.24) is 10.6 Å². The number of hydrogen-bond acceptors (Lipinski definition) is 4. The molecular formula is C18H28N2O3. The maximum absolute atomic E-state index is 11.4. The van der Waals surface area contributed by atoms with Gasteiger partial charge in [0.1, 0.15) is 5.60 Å². The van der Waals surface area contributed by atoms with Crippen molar-refractivity contribution in [2.24, 2.45) is 0 Å². The van der Waals surface area contributed by atoms with Gasteiger partial charge in [0, 0.05) is 26.7 Å². The van der Waals surface area contributed by atoms with Crippen LogP contribution in [0.15, 0.2) is 36.4 Å². The van der Waals surface area contributed by atoms with E-state index in [1.807, 2.05) is 32.9 Å². The summed E-state index contributed by atoms with van der Waals surface area (Å²) < 4.78 is 10.2. The second-order valence-corrected chi connectivity index (χ2v) is 6.23. The van der Waals surface area contributed by atoms with Crippen molar-refractivity contribution in [3.63, 3.8) is 0 Å². The third kappa shape index (κ3) is 9.71. The van der Waals surface area contributed by atoms with E-state index in [0.29, 0.717) is 13.2 Å². The van der Waals surface area contributed by atoms with Crippen LogP contribution in [0.3, 0.4) is 0 Å². The fraction of sp³-hybridized carbons (Fsp3) is 0.500. The number of hydrogen-bond donors (Lipinski definition) is 2. The minimum absolute atomic E-state index is 0.397. The molecule has 0 aliphatic heterocycles. The van der Waals surface area contributed by atoms with Gasteiger partial charge < -0.3 is 20.1 Å². The van der Waals surface area contributed by atoms with Crippen LogP contribution in [0, 0.1) is 0 Å². The van der Waals surface area contributed by atoms with Crippen LogP contribution in [-0.2, 0) is 22.6 Å². The Bertz CT molecular complexity index is 490. The number of ether oxygens (including phenoxy) is 2. The largest absolute Gasteiger partial charge is 0.444 e. The van der Waals surface area contributed by atoms with Crippen molar-refractivity contribution in [2.75, 3.05) is 20.2 Å². The van der Waals surface area contributed by atoms with E-state index in [9.17, 15) is 4.79 Å². The van der Waals surface area contributed by atoms with Gasteiger partial charge >= 0.3 is 6.09 Å². The van der Waals surface area contributed by atoms with Crippen LogP contribution < -0.4 is 10.6 Å². The Morgan fingerprint density at radius 3 is 2.30 bits per heavy atom. The second-order valence-electron chi connectivity index (χ2n) is 6.23. The van der Waals surface area contributed by atoms with Gasteiger partial charge in [-0.05, 0) is 31.9 Å². The van der Waals surface area contributed by atoms with Crippen molar-refractivity contribution in [3.8, 4) is 0 Å². The average Bonchev–Trinajstić information content (AvgIpc) is 2.46. The Kier molecular flexibility index (Phi) is 8.37. The number of carbonyl (C=O) groups excluding carboxylic acids is 1. The second kappa shape index (κ2) is 10.0. The quantitative estimate of drug-likeness (QED) is 0.571. The molecule has 1 rings (SSSR count). The molecule has 0 heterocycles. The van der Waals surface area contributed by atoms with Crippen LogP contribution in [0.5, 0.6) is 0 Å². The van der Waals surface area contributed by atoms with Gasteiger partial charge in [-0.2, -0.15) is 0 Å². The molecule has 5 heteroatoms. The number of alkyl carbamates (subject to hydrolysis) is 1. The first-order valence-electron chi connectivity index (χ1n) is 7.80. The molecule has 0 bridgehead atoms. The molecule has 0 atom stereocenters. The zero-order valence-corrected chi connectivity index (χ0v) is 14.5. The van der Waals surface area contributed by atoms with Crippen LogP contribution in [0.2, 0.25) is 0 Å². The fourth-order valence-corrected chi connectivity index (χ4v) is 1.84. The smallest absolute Gasteiger partial charge is 0.407 e. The molecule has 2 N–H and O–H groups in total. The number of benzene rings is 1. The topological polar surface area (TPSA) is 59.6 Å². The van der Waals surface area contributed by atoms with Gasteiger partial charge in [0.25, 0.3) is 0 Å². The fourth-order valence-electron chi connectivity index (χ4n) is 1.84. The minimum atomic E-state index is -0.464. The molecular weight excluding hydrogens is 292 g/mol. The van der Waals surface area contributed by atoms with Gasteiger partial charge in [0.15, 0.2) is 0 Å². The molecule has 128 valence electrons. The van der Waals surface area contributed by atoms with Gasteiger partial charge in [0.2, 0.25) is 0 Å². The molecule has 0 spiro atoms. The molecule has 1 aromatic rings. The molecule has 0 aliphatic carbocycles. The normalized spacial score (nSPS) is 11.7. The molecule has 0 aromatic heterocycles. The summed E-state index contributed by atoms with van der Waals surface area (Å²) >= 11 is 0. The molecule has 0 saturated carbocycles. The standard InChI is InChI=1S/C18H28N2O3/c1-18(2,3)23-17(21)20-12-6-5-11-19-13-15-7-9-16(10-8-15)14-22-4/h5-10,19H,11-14H2,1-4H3,(H,20,21)/b6-5+. The maximum Gasteiger partial charge on any atom is 0.407 e. The third-order valence-corrected chi connectivity index (χ3v) is 2.86. The summed E-state index contributed by atoms with van der Waals surface area (Å²) in [4.78, 5) is 11.4. The van der Waals surface area contributed by atoms with Crippen molar-refractivity contribution >= 4 is 6.09 Å². The summed E-state index contributed by atoms with van der Waals surface area (Å²) in [5, 5.41) is 6.00. The number of carbonyl (C=O) groups is 1. The van der Waals surface area contributed by atoms with E-state index in [2.05, 4.69) is 34.9 Å². The van der Waals surface area contributed by atoms with Gasteiger partial charge in [-0.15, -0.1) is 0 Å². The highest BCUT2D eigenvalue weighted by Gasteiger charge is 2.14. The Morgan fingerprint density at radius 1 is 1.09 bits per heavy atom. The lowest BCUT2D eigenvalue weighted by Crippen LogP contribution is -2.32. The lowest BCUT2D eigenvalue weighted by molar-refractivity contribution is 0.0534. The van der Waals surface area contributed by atoms with Gasteiger partial charge in [-0.1, -0.05) is 36.4 Å². The molecule has 0 radical (unpaired) electrons.